The lowest BCUT2D eigenvalue weighted by Crippen LogP contribution is -2.29. The van der Waals surface area contributed by atoms with Gasteiger partial charge in [0.2, 0.25) is 0 Å². The van der Waals surface area contributed by atoms with Gasteiger partial charge < -0.3 is 10.1 Å². The van der Waals surface area contributed by atoms with Gasteiger partial charge in [0.25, 0.3) is 11.5 Å². The smallest absolute Gasteiger partial charge is 0.359 e. The van der Waals surface area contributed by atoms with Crippen molar-refractivity contribution in [2.45, 2.75) is 26.4 Å². The van der Waals surface area contributed by atoms with E-state index in [-0.39, 0.29) is 17.8 Å². The minimum atomic E-state index is -0.766. The Balaban J connectivity index is 1.87. The van der Waals surface area contributed by atoms with E-state index in [9.17, 15) is 14.4 Å². The van der Waals surface area contributed by atoms with Crippen molar-refractivity contribution in [2.75, 3.05) is 6.61 Å². The van der Waals surface area contributed by atoms with E-state index in [0.717, 1.165) is 5.56 Å². The van der Waals surface area contributed by atoms with Crippen molar-refractivity contribution in [3.63, 3.8) is 0 Å². The Bertz CT molecular complexity index is 820. The van der Waals surface area contributed by atoms with Crippen molar-refractivity contribution in [3.8, 4) is 0 Å². The van der Waals surface area contributed by atoms with E-state index < -0.39 is 18.5 Å². The highest BCUT2D eigenvalue weighted by Crippen LogP contribution is 2.14. The number of amides is 1. The number of carbonyl (C=O) groups is 2. The maximum absolute atomic E-state index is 11.9. The molecule has 8 heteroatoms. The summed E-state index contributed by atoms with van der Waals surface area (Å²) in [5.74, 6) is -1.23. The monoisotopic (exact) mass is 363 g/mol. The van der Waals surface area contributed by atoms with Gasteiger partial charge in [0.15, 0.2) is 12.3 Å². The molecule has 0 unspecified atom stereocenters. The van der Waals surface area contributed by atoms with Crippen molar-refractivity contribution < 1.29 is 14.3 Å². The molecule has 0 atom stereocenters. The van der Waals surface area contributed by atoms with Crippen molar-refractivity contribution in [1.29, 1.82) is 0 Å². The number of rotatable bonds is 7. The number of halogens is 1. The summed E-state index contributed by atoms with van der Waals surface area (Å²) in [6, 6.07) is 9.63. The van der Waals surface area contributed by atoms with E-state index in [1.54, 1.807) is 18.2 Å². The fourth-order valence-electron chi connectivity index (χ4n) is 2.02. The van der Waals surface area contributed by atoms with Gasteiger partial charge in [0, 0.05) is 24.2 Å². The Hall–Kier alpha value is -2.67. The van der Waals surface area contributed by atoms with Crippen LogP contribution in [0.3, 0.4) is 0 Å². The molecule has 0 saturated heterocycles. The van der Waals surface area contributed by atoms with Gasteiger partial charge in [-0.25, -0.2) is 9.48 Å². The first-order chi connectivity index (χ1) is 12.0. The number of hydrogen-bond donors (Lipinski definition) is 1. The predicted octanol–water partition coefficient (Wildman–Crippen LogP) is 1.78. The Morgan fingerprint density at radius 2 is 2.00 bits per heavy atom. The van der Waals surface area contributed by atoms with Crippen LogP contribution in [0.1, 0.15) is 29.4 Å². The van der Waals surface area contributed by atoms with Crippen LogP contribution in [-0.4, -0.2) is 28.3 Å². The first kappa shape index (κ1) is 18.7. The molecule has 2 rings (SSSR count). The quantitative estimate of drug-likeness (QED) is 0.757. The zero-order valence-corrected chi connectivity index (χ0v) is 14.5. The number of nitrogens with one attached hydrogen (secondary N) is 1. The van der Waals surface area contributed by atoms with Crippen molar-refractivity contribution in [2.24, 2.45) is 0 Å². The minimum Gasteiger partial charge on any atom is -0.451 e. The van der Waals surface area contributed by atoms with Crippen molar-refractivity contribution >= 4 is 23.5 Å². The highest BCUT2D eigenvalue weighted by molar-refractivity contribution is 6.31. The summed E-state index contributed by atoms with van der Waals surface area (Å²) in [5.41, 5.74) is 0.444. The Kier molecular flexibility index (Phi) is 6.71. The molecule has 0 spiro atoms. The van der Waals surface area contributed by atoms with Gasteiger partial charge in [-0.2, -0.15) is 5.10 Å². The average molecular weight is 364 g/mol. The summed E-state index contributed by atoms with van der Waals surface area (Å²) in [5, 5.41) is 7.08. The van der Waals surface area contributed by atoms with Gasteiger partial charge in [0.05, 0.1) is 0 Å². The lowest BCUT2D eigenvalue weighted by Gasteiger charge is -2.08. The van der Waals surface area contributed by atoms with Crippen LogP contribution >= 0.6 is 11.6 Å². The van der Waals surface area contributed by atoms with Crippen molar-refractivity contribution in [1.82, 2.24) is 15.1 Å². The molecule has 0 aliphatic heterocycles. The van der Waals surface area contributed by atoms with E-state index in [4.69, 9.17) is 16.3 Å². The lowest BCUT2D eigenvalue weighted by molar-refractivity contribution is -0.124. The number of ether oxygens (including phenoxy) is 1. The van der Waals surface area contributed by atoms with Gasteiger partial charge >= 0.3 is 5.97 Å². The third-order valence-corrected chi connectivity index (χ3v) is 3.65. The lowest BCUT2D eigenvalue weighted by atomic mass is 10.2. The molecule has 0 saturated carbocycles. The fraction of sp³-hybridized carbons (Fsp3) is 0.294. The van der Waals surface area contributed by atoms with Gasteiger partial charge in [0.1, 0.15) is 0 Å². The molecular weight excluding hydrogens is 346 g/mol. The van der Waals surface area contributed by atoms with Crippen LogP contribution in [0.15, 0.2) is 41.2 Å². The molecule has 1 heterocycles. The third kappa shape index (κ3) is 5.42. The molecule has 132 valence electrons. The maximum atomic E-state index is 11.9. The molecule has 2 aromatic rings. The molecule has 7 nitrogen and oxygen atoms in total. The van der Waals surface area contributed by atoms with E-state index >= 15 is 0 Å². The van der Waals surface area contributed by atoms with Gasteiger partial charge in [-0.1, -0.05) is 36.7 Å². The Morgan fingerprint density at radius 1 is 1.24 bits per heavy atom. The van der Waals surface area contributed by atoms with E-state index in [1.165, 1.54) is 16.8 Å². The maximum Gasteiger partial charge on any atom is 0.359 e. The summed E-state index contributed by atoms with van der Waals surface area (Å²) < 4.78 is 6.11. The van der Waals surface area contributed by atoms with Crippen LogP contribution in [0.5, 0.6) is 0 Å². The van der Waals surface area contributed by atoms with Gasteiger partial charge in [-0.3, -0.25) is 9.59 Å². The number of nitrogens with zero attached hydrogens (tertiary/aromatic N) is 2. The zero-order valence-electron chi connectivity index (χ0n) is 13.7. The molecule has 1 aromatic heterocycles. The topological polar surface area (TPSA) is 90.3 Å². The van der Waals surface area contributed by atoms with E-state index in [2.05, 4.69) is 10.4 Å². The number of carbonyl (C=O) groups excluding carboxylic acids is 2. The SMILES string of the molecule is CCCn1nc(C(=O)OCC(=O)NCc2ccccc2Cl)ccc1=O. The Morgan fingerprint density at radius 3 is 2.72 bits per heavy atom. The molecule has 0 aliphatic rings. The van der Waals surface area contributed by atoms with Crippen LogP contribution in [0.4, 0.5) is 0 Å². The first-order valence-corrected chi connectivity index (χ1v) is 8.14. The standard InChI is InChI=1S/C17H18ClN3O4/c1-2-9-21-16(23)8-7-14(20-21)17(24)25-11-15(22)19-10-12-5-3-4-6-13(12)18/h3-8H,2,9-11H2,1H3,(H,19,22). The van der Waals surface area contributed by atoms with Gasteiger partial charge in [-0.05, 0) is 24.1 Å². The molecular formula is C17H18ClN3O4. The average Bonchev–Trinajstić information content (AvgIpc) is 2.61. The second kappa shape index (κ2) is 8.98. The highest BCUT2D eigenvalue weighted by Gasteiger charge is 2.13. The summed E-state index contributed by atoms with van der Waals surface area (Å²) in [6.45, 7) is 2.08. The van der Waals surface area contributed by atoms with Crippen LogP contribution < -0.4 is 10.9 Å². The van der Waals surface area contributed by atoms with E-state index in [1.807, 2.05) is 13.0 Å². The van der Waals surface area contributed by atoms with Crippen LogP contribution in [-0.2, 0) is 22.6 Å². The van der Waals surface area contributed by atoms with Crippen LogP contribution in [0, 0.1) is 0 Å². The molecule has 1 amide bonds. The molecule has 0 radical (unpaired) electrons. The van der Waals surface area contributed by atoms with Crippen molar-refractivity contribution in [3.05, 3.63) is 63.0 Å². The number of esters is 1. The second-order valence-corrected chi connectivity index (χ2v) is 5.63. The minimum absolute atomic E-state index is 0.0213. The molecule has 25 heavy (non-hydrogen) atoms. The number of benzene rings is 1. The fourth-order valence-corrected chi connectivity index (χ4v) is 2.22. The summed E-state index contributed by atoms with van der Waals surface area (Å²) >= 11 is 6.00. The molecule has 0 aliphatic carbocycles. The molecule has 0 bridgehead atoms. The van der Waals surface area contributed by atoms with E-state index in [0.29, 0.717) is 18.0 Å². The first-order valence-electron chi connectivity index (χ1n) is 7.76. The number of hydrogen-bond acceptors (Lipinski definition) is 5. The summed E-state index contributed by atoms with van der Waals surface area (Å²) in [4.78, 5) is 35.3. The third-order valence-electron chi connectivity index (χ3n) is 3.28. The van der Waals surface area contributed by atoms with Gasteiger partial charge in [-0.15, -0.1) is 0 Å². The molecule has 1 N–H and O–H groups in total. The molecule has 0 fully saturated rings. The normalized spacial score (nSPS) is 10.3. The van der Waals surface area contributed by atoms with Crippen LogP contribution in [0.2, 0.25) is 5.02 Å². The highest BCUT2D eigenvalue weighted by atomic mass is 35.5. The van der Waals surface area contributed by atoms with Crippen LogP contribution in [0.25, 0.3) is 0 Å². The predicted molar refractivity (Wildman–Crippen MR) is 92.4 cm³/mol. The summed E-state index contributed by atoms with van der Waals surface area (Å²) in [7, 11) is 0. The Labute approximate surface area is 149 Å². The number of aryl methyl sites for hydroxylation is 1. The second-order valence-electron chi connectivity index (χ2n) is 5.22. The number of aromatic nitrogens is 2. The largest absolute Gasteiger partial charge is 0.451 e. The molecule has 1 aromatic carbocycles. The zero-order chi connectivity index (χ0) is 18.2. The summed E-state index contributed by atoms with van der Waals surface area (Å²) in [6.07, 6.45) is 0.704.